The highest BCUT2D eigenvalue weighted by atomic mass is 16.5. The minimum Gasteiger partial charge on any atom is -0.493 e. The van der Waals surface area contributed by atoms with Crippen LogP contribution in [0.2, 0.25) is 0 Å². The standard InChI is InChI=1S/C17H27NO2/c1-13-10-11-16(17(12-13)19-3)20-15-9-7-5-4-6-8-14(15)18-2/h10-12,14-15,18H,4-9H2,1-3H3. The molecule has 2 rings (SSSR count). The predicted octanol–water partition coefficient (Wildman–Crippen LogP) is 3.69. The largest absolute Gasteiger partial charge is 0.493 e. The van der Waals surface area contributed by atoms with Gasteiger partial charge in [0, 0.05) is 6.04 Å². The SMILES string of the molecule is CNC1CCCCCCC1Oc1ccc(C)cc1OC. The first-order valence-electron chi connectivity index (χ1n) is 7.73. The Morgan fingerprint density at radius 1 is 1.05 bits per heavy atom. The fourth-order valence-electron chi connectivity index (χ4n) is 2.96. The molecule has 20 heavy (non-hydrogen) atoms. The van der Waals surface area contributed by atoms with E-state index in [1.54, 1.807) is 7.11 Å². The molecule has 0 bridgehead atoms. The van der Waals surface area contributed by atoms with E-state index in [1.807, 2.05) is 19.2 Å². The van der Waals surface area contributed by atoms with Crippen LogP contribution in [0.4, 0.5) is 0 Å². The molecule has 112 valence electrons. The Hall–Kier alpha value is -1.22. The topological polar surface area (TPSA) is 30.5 Å². The lowest BCUT2D eigenvalue weighted by Gasteiger charge is -2.30. The Labute approximate surface area is 122 Å². The molecule has 1 aromatic carbocycles. The molecule has 1 aliphatic carbocycles. The third-order valence-electron chi connectivity index (χ3n) is 4.17. The van der Waals surface area contributed by atoms with Gasteiger partial charge in [-0.05, 0) is 50.9 Å². The molecule has 1 N–H and O–H groups in total. The van der Waals surface area contributed by atoms with Crippen LogP contribution in [-0.2, 0) is 0 Å². The van der Waals surface area contributed by atoms with Gasteiger partial charge in [-0.1, -0.05) is 25.3 Å². The number of hydrogen-bond acceptors (Lipinski definition) is 3. The monoisotopic (exact) mass is 277 g/mol. The first kappa shape index (κ1) is 15.2. The van der Waals surface area contributed by atoms with E-state index in [0.29, 0.717) is 6.04 Å². The smallest absolute Gasteiger partial charge is 0.161 e. The zero-order valence-corrected chi connectivity index (χ0v) is 12.9. The Balaban J connectivity index is 2.12. The maximum atomic E-state index is 6.28. The molecule has 3 heteroatoms. The van der Waals surface area contributed by atoms with E-state index < -0.39 is 0 Å². The maximum Gasteiger partial charge on any atom is 0.161 e. The second kappa shape index (κ2) is 7.53. The van der Waals surface area contributed by atoms with Crippen molar-refractivity contribution in [3.63, 3.8) is 0 Å². The highest BCUT2D eigenvalue weighted by molar-refractivity contribution is 5.42. The lowest BCUT2D eigenvalue weighted by atomic mass is 9.94. The van der Waals surface area contributed by atoms with E-state index in [-0.39, 0.29) is 6.10 Å². The van der Waals surface area contributed by atoms with E-state index in [4.69, 9.17) is 9.47 Å². The van der Waals surface area contributed by atoms with Crippen molar-refractivity contribution < 1.29 is 9.47 Å². The van der Waals surface area contributed by atoms with Crippen LogP contribution >= 0.6 is 0 Å². The van der Waals surface area contributed by atoms with Gasteiger partial charge in [-0.15, -0.1) is 0 Å². The van der Waals surface area contributed by atoms with E-state index in [9.17, 15) is 0 Å². The van der Waals surface area contributed by atoms with Gasteiger partial charge in [-0.3, -0.25) is 0 Å². The number of hydrogen-bond donors (Lipinski definition) is 1. The molecule has 2 atom stereocenters. The van der Waals surface area contributed by atoms with E-state index >= 15 is 0 Å². The maximum absolute atomic E-state index is 6.28. The fraction of sp³-hybridized carbons (Fsp3) is 0.647. The van der Waals surface area contributed by atoms with E-state index in [0.717, 1.165) is 17.9 Å². The first-order chi connectivity index (χ1) is 9.74. The third-order valence-corrected chi connectivity index (χ3v) is 4.17. The second-order valence-electron chi connectivity index (χ2n) is 5.70. The number of methoxy groups -OCH3 is 1. The summed E-state index contributed by atoms with van der Waals surface area (Å²) >= 11 is 0. The molecule has 1 aromatic rings. The Bertz CT molecular complexity index is 419. The van der Waals surface area contributed by atoms with Crippen molar-refractivity contribution in [1.82, 2.24) is 5.32 Å². The van der Waals surface area contributed by atoms with Crippen LogP contribution in [0.25, 0.3) is 0 Å². The highest BCUT2D eigenvalue weighted by Crippen LogP contribution is 2.31. The van der Waals surface area contributed by atoms with Crippen molar-refractivity contribution in [1.29, 1.82) is 0 Å². The van der Waals surface area contributed by atoms with Crippen LogP contribution in [0.3, 0.4) is 0 Å². The summed E-state index contributed by atoms with van der Waals surface area (Å²) in [6.07, 6.45) is 7.74. The molecular formula is C17H27NO2. The van der Waals surface area contributed by atoms with Gasteiger partial charge in [-0.25, -0.2) is 0 Å². The summed E-state index contributed by atoms with van der Waals surface area (Å²) in [6.45, 7) is 2.07. The van der Waals surface area contributed by atoms with Gasteiger partial charge in [-0.2, -0.15) is 0 Å². The van der Waals surface area contributed by atoms with Gasteiger partial charge >= 0.3 is 0 Å². The van der Waals surface area contributed by atoms with Gasteiger partial charge in [0.15, 0.2) is 11.5 Å². The molecule has 0 saturated heterocycles. The molecular weight excluding hydrogens is 250 g/mol. The fourth-order valence-corrected chi connectivity index (χ4v) is 2.96. The zero-order valence-electron chi connectivity index (χ0n) is 12.9. The second-order valence-corrected chi connectivity index (χ2v) is 5.70. The molecule has 0 aliphatic heterocycles. The van der Waals surface area contributed by atoms with Gasteiger partial charge in [0.25, 0.3) is 0 Å². The number of benzene rings is 1. The van der Waals surface area contributed by atoms with Crippen LogP contribution in [-0.4, -0.2) is 26.3 Å². The molecule has 0 spiro atoms. The molecule has 0 radical (unpaired) electrons. The molecule has 1 aliphatic rings. The minimum atomic E-state index is 0.233. The quantitative estimate of drug-likeness (QED) is 0.910. The number of ether oxygens (including phenoxy) is 2. The molecule has 0 heterocycles. The summed E-state index contributed by atoms with van der Waals surface area (Å²) in [6, 6.07) is 6.57. The number of nitrogens with one attached hydrogen (secondary N) is 1. The van der Waals surface area contributed by atoms with Crippen molar-refractivity contribution in [2.75, 3.05) is 14.2 Å². The minimum absolute atomic E-state index is 0.233. The molecule has 1 fully saturated rings. The molecule has 0 amide bonds. The van der Waals surface area contributed by atoms with Gasteiger partial charge < -0.3 is 14.8 Å². The third kappa shape index (κ3) is 3.89. The van der Waals surface area contributed by atoms with Crippen molar-refractivity contribution in [3.8, 4) is 11.5 Å². The van der Waals surface area contributed by atoms with Crippen LogP contribution < -0.4 is 14.8 Å². The van der Waals surface area contributed by atoms with Crippen molar-refractivity contribution >= 4 is 0 Å². The van der Waals surface area contributed by atoms with Crippen LogP contribution in [0.5, 0.6) is 11.5 Å². The molecule has 3 nitrogen and oxygen atoms in total. The number of likely N-dealkylation sites (N-methyl/N-ethyl adjacent to an activating group) is 1. The van der Waals surface area contributed by atoms with Crippen molar-refractivity contribution in [3.05, 3.63) is 23.8 Å². The summed E-state index contributed by atoms with van der Waals surface area (Å²) < 4.78 is 11.7. The summed E-state index contributed by atoms with van der Waals surface area (Å²) in [5, 5.41) is 3.43. The summed E-state index contributed by atoms with van der Waals surface area (Å²) in [5.41, 5.74) is 1.19. The lowest BCUT2D eigenvalue weighted by Crippen LogP contribution is -2.42. The summed E-state index contributed by atoms with van der Waals surface area (Å²) in [5.74, 6) is 1.70. The Morgan fingerprint density at radius 3 is 2.50 bits per heavy atom. The number of aryl methyl sites for hydroxylation is 1. The van der Waals surface area contributed by atoms with E-state index in [1.165, 1.54) is 37.7 Å². The Morgan fingerprint density at radius 2 is 1.80 bits per heavy atom. The first-order valence-corrected chi connectivity index (χ1v) is 7.73. The Kier molecular flexibility index (Phi) is 5.72. The van der Waals surface area contributed by atoms with Crippen LogP contribution in [0, 0.1) is 6.92 Å². The average molecular weight is 277 g/mol. The van der Waals surface area contributed by atoms with Gasteiger partial charge in [0.05, 0.1) is 7.11 Å². The van der Waals surface area contributed by atoms with Gasteiger partial charge in [0.2, 0.25) is 0 Å². The molecule has 2 unspecified atom stereocenters. The summed E-state index contributed by atoms with van der Waals surface area (Å²) in [4.78, 5) is 0. The van der Waals surface area contributed by atoms with Crippen molar-refractivity contribution in [2.24, 2.45) is 0 Å². The predicted molar refractivity (Wildman–Crippen MR) is 82.7 cm³/mol. The zero-order chi connectivity index (χ0) is 14.4. The summed E-state index contributed by atoms with van der Waals surface area (Å²) in [7, 11) is 3.74. The average Bonchev–Trinajstić information content (AvgIpc) is 2.43. The van der Waals surface area contributed by atoms with Gasteiger partial charge in [0.1, 0.15) is 6.10 Å². The van der Waals surface area contributed by atoms with Crippen molar-refractivity contribution in [2.45, 2.75) is 57.6 Å². The van der Waals surface area contributed by atoms with Crippen LogP contribution in [0.1, 0.15) is 44.1 Å². The number of rotatable bonds is 4. The molecule has 0 aromatic heterocycles. The highest BCUT2D eigenvalue weighted by Gasteiger charge is 2.24. The normalized spacial score (nSPS) is 23.8. The lowest BCUT2D eigenvalue weighted by molar-refractivity contribution is 0.127. The van der Waals surface area contributed by atoms with Crippen LogP contribution in [0.15, 0.2) is 18.2 Å². The van der Waals surface area contributed by atoms with E-state index in [2.05, 4.69) is 18.3 Å². The molecule has 1 saturated carbocycles.